The molecule has 0 unspecified atom stereocenters. The first-order chi connectivity index (χ1) is 14.6. The minimum atomic E-state index is -0.614. The Balaban J connectivity index is 1.64. The smallest absolute Gasteiger partial charge is 0.338 e. The quantitative estimate of drug-likeness (QED) is 0.456. The van der Waals surface area contributed by atoms with E-state index in [-0.39, 0.29) is 5.78 Å². The number of hydrogen-bond donors (Lipinski definition) is 1. The molecular weight excluding hydrogens is 382 g/mol. The number of ether oxygens (including phenoxy) is 2. The van der Waals surface area contributed by atoms with Gasteiger partial charge in [0.1, 0.15) is 0 Å². The van der Waals surface area contributed by atoms with Crippen LogP contribution in [-0.4, -0.2) is 31.4 Å². The van der Waals surface area contributed by atoms with E-state index in [1.807, 2.05) is 12.1 Å². The number of rotatable bonds is 8. The van der Waals surface area contributed by atoms with Crippen LogP contribution < -0.4 is 5.32 Å². The molecule has 30 heavy (non-hydrogen) atoms. The lowest BCUT2D eigenvalue weighted by Crippen LogP contribution is -2.22. The van der Waals surface area contributed by atoms with Crippen molar-refractivity contribution in [1.29, 1.82) is 0 Å². The van der Waals surface area contributed by atoms with Crippen molar-refractivity contribution in [3.8, 4) is 0 Å². The van der Waals surface area contributed by atoms with E-state index >= 15 is 0 Å². The molecule has 0 aromatic heterocycles. The zero-order valence-corrected chi connectivity index (χ0v) is 16.5. The van der Waals surface area contributed by atoms with E-state index in [2.05, 4.69) is 5.32 Å². The first-order valence-corrected chi connectivity index (χ1v) is 9.32. The van der Waals surface area contributed by atoms with Crippen molar-refractivity contribution in [2.24, 2.45) is 0 Å². The number of esters is 1. The summed E-state index contributed by atoms with van der Waals surface area (Å²) in [5, 5.41) is 2.64. The molecule has 0 heterocycles. The van der Waals surface area contributed by atoms with Gasteiger partial charge in [-0.2, -0.15) is 0 Å². The molecule has 3 rings (SSSR count). The van der Waals surface area contributed by atoms with Crippen LogP contribution in [0.25, 0.3) is 0 Å². The van der Waals surface area contributed by atoms with Gasteiger partial charge in [-0.25, -0.2) is 4.79 Å². The Morgan fingerprint density at radius 1 is 0.833 bits per heavy atom. The zero-order valence-electron chi connectivity index (χ0n) is 16.5. The zero-order chi connectivity index (χ0) is 21.3. The second-order valence-electron chi connectivity index (χ2n) is 6.50. The van der Waals surface area contributed by atoms with Crippen molar-refractivity contribution in [3.05, 3.63) is 101 Å². The lowest BCUT2D eigenvalue weighted by molar-refractivity contribution is -0.119. The largest absolute Gasteiger partial charge is 0.452 e. The SMILES string of the molecule is COCc1cccc(C(=O)OCC(=O)Nc2ccccc2C(=O)c2ccccc2)c1. The predicted octanol–water partition coefficient (Wildman–Crippen LogP) is 3.86. The van der Waals surface area contributed by atoms with Crippen LogP contribution in [0.15, 0.2) is 78.9 Å². The Hall–Kier alpha value is -3.77. The van der Waals surface area contributed by atoms with Gasteiger partial charge in [0.15, 0.2) is 12.4 Å². The fraction of sp³-hybridized carbons (Fsp3) is 0.125. The predicted molar refractivity (Wildman–Crippen MR) is 112 cm³/mol. The number of benzene rings is 3. The first-order valence-electron chi connectivity index (χ1n) is 9.32. The number of hydrogen-bond acceptors (Lipinski definition) is 5. The lowest BCUT2D eigenvalue weighted by atomic mass is 10.0. The van der Waals surface area contributed by atoms with Crippen molar-refractivity contribution < 1.29 is 23.9 Å². The van der Waals surface area contributed by atoms with Crippen molar-refractivity contribution in [1.82, 2.24) is 0 Å². The summed E-state index contributed by atoms with van der Waals surface area (Å²) in [6.07, 6.45) is 0. The number of anilines is 1. The maximum atomic E-state index is 12.7. The molecule has 0 radical (unpaired) electrons. The van der Waals surface area contributed by atoms with Crippen LogP contribution >= 0.6 is 0 Å². The molecule has 0 saturated heterocycles. The summed E-state index contributed by atoms with van der Waals surface area (Å²) < 4.78 is 10.1. The number of amides is 1. The Kier molecular flexibility index (Phi) is 7.08. The summed E-state index contributed by atoms with van der Waals surface area (Å²) in [5.74, 6) is -1.36. The van der Waals surface area contributed by atoms with Crippen LogP contribution in [0.5, 0.6) is 0 Å². The highest BCUT2D eigenvalue weighted by Gasteiger charge is 2.16. The van der Waals surface area contributed by atoms with Crippen LogP contribution in [0.3, 0.4) is 0 Å². The van der Waals surface area contributed by atoms with Gasteiger partial charge in [-0.3, -0.25) is 9.59 Å². The number of para-hydroxylation sites is 1. The molecule has 0 fully saturated rings. The molecule has 3 aromatic rings. The molecule has 0 aliphatic heterocycles. The van der Waals surface area contributed by atoms with E-state index in [1.165, 1.54) is 0 Å². The van der Waals surface area contributed by atoms with Gasteiger partial charge in [-0.15, -0.1) is 0 Å². The summed E-state index contributed by atoms with van der Waals surface area (Å²) in [6.45, 7) is -0.102. The molecule has 1 amide bonds. The van der Waals surface area contributed by atoms with E-state index < -0.39 is 18.5 Å². The van der Waals surface area contributed by atoms with Gasteiger partial charge in [0, 0.05) is 18.2 Å². The lowest BCUT2D eigenvalue weighted by Gasteiger charge is -2.11. The standard InChI is InChI=1S/C24H21NO5/c1-29-15-17-8-7-11-19(14-17)24(28)30-16-22(26)25-21-13-6-5-12-20(21)23(27)18-9-3-2-4-10-18/h2-14H,15-16H2,1H3,(H,25,26). The molecule has 0 bridgehead atoms. The average molecular weight is 403 g/mol. The van der Waals surface area contributed by atoms with Gasteiger partial charge in [0.2, 0.25) is 0 Å². The van der Waals surface area contributed by atoms with Crippen molar-refractivity contribution in [3.63, 3.8) is 0 Å². The Morgan fingerprint density at radius 3 is 2.30 bits per heavy atom. The highest BCUT2D eigenvalue weighted by atomic mass is 16.5. The Bertz CT molecular complexity index is 1050. The van der Waals surface area contributed by atoms with E-state index in [9.17, 15) is 14.4 Å². The molecule has 152 valence electrons. The van der Waals surface area contributed by atoms with Crippen LogP contribution in [0.2, 0.25) is 0 Å². The molecule has 6 heteroatoms. The summed E-state index contributed by atoms with van der Waals surface area (Å²) in [6, 6.07) is 22.3. The summed E-state index contributed by atoms with van der Waals surface area (Å²) in [4.78, 5) is 37.3. The van der Waals surface area contributed by atoms with Gasteiger partial charge >= 0.3 is 5.97 Å². The van der Waals surface area contributed by atoms with Crippen LogP contribution in [-0.2, 0) is 20.9 Å². The summed E-state index contributed by atoms with van der Waals surface area (Å²) >= 11 is 0. The van der Waals surface area contributed by atoms with Crippen molar-refractivity contribution >= 4 is 23.3 Å². The summed E-state index contributed by atoms with van der Waals surface area (Å²) in [5.41, 5.74) is 2.38. The number of nitrogens with one attached hydrogen (secondary N) is 1. The first kappa shape index (κ1) is 21.0. The van der Waals surface area contributed by atoms with Crippen molar-refractivity contribution in [2.45, 2.75) is 6.61 Å². The molecule has 0 saturated carbocycles. The molecule has 1 N–H and O–H groups in total. The van der Waals surface area contributed by atoms with E-state index in [0.29, 0.717) is 29.0 Å². The average Bonchev–Trinajstić information content (AvgIpc) is 2.78. The molecule has 0 spiro atoms. The minimum Gasteiger partial charge on any atom is -0.452 e. The maximum Gasteiger partial charge on any atom is 0.338 e. The molecule has 0 aliphatic rings. The third-order valence-electron chi connectivity index (χ3n) is 4.29. The molecule has 0 atom stereocenters. The molecular formula is C24H21NO5. The monoisotopic (exact) mass is 403 g/mol. The van der Waals surface area contributed by atoms with Crippen LogP contribution in [0.4, 0.5) is 5.69 Å². The van der Waals surface area contributed by atoms with Gasteiger partial charge in [0.25, 0.3) is 5.91 Å². The third-order valence-corrected chi connectivity index (χ3v) is 4.29. The third kappa shape index (κ3) is 5.40. The Labute approximate surface area is 174 Å². The van der Waals surface area contributed by atoms with Gasteiger partial charge in [-0.1, -0.05) is 54.6 Å². The summed E-state index contributed by atoms with van der Waals surface area (Å²) in [7, 11) is 1.57. The van der Waals surface area contributed by atoms with Gasteiger partial charge in [-0.05, 0) is 29.8 Å². The van der Waals surface area contributed by atoms with Gasteiger partial charge < -0.3 is 14.8 Å². The number of carbonyl (C=O) groups is 3. The van der Waals surface area contributed by atoms with Crippen LogP contribution in [0.1, 0.15) is 31.8 Å². The second-order valence-corrected chi connectivity index (χ2v) is 6.50. The minimum absolute atomic E-state index is 0.210. The topological polar surface area (TPSA) is 81.7 Å². The second kappa shape index (κ2) is 10.1. The van der Waals surface area contributed by atoms with Gasteiger partial charge in [0.05, 0.1) is 17.9 Å². The molecule has 3 aromatic carbocycles. The number of ketones is 1. The molecule has 6 nitrogen and oxygen atoms in total. The van der Waals surface area contributed by atoms with E-state index in [0.717, 1.165) is 5.56 Å². The Morgan fingerprint density at radius 2 is 1.53 bits per heavy atom. The van der Waals surface area contributed by atoms with Crippen LogP contribution in [0, 0.1) is 0 Å². The van der Waals surface area contributed by atoms with E-state index in [4.69, 9.17) is 9.47 Å². The van der Waals surface area contributed by atoms with Crippen molar-refractivity contribution in [2.75, 3.05) is 19.0 Å². The number of carbonyl (C=O) groups excluding carboxylic acids is 3. The van der Waals surface area contributed by atoms with E-state index in [1.54, 1.807) is 73.8 Å². The number of methoxy groups -OCH3 is 1. The maximum absolute atomic E-state index is 12.7. The fourth-order valence-corrected chi connectivity index (χ4v) is 2.89. The highest BCUT2D eigenvalue weighted by Crippen LogP contribution is 2.19. The normalized spacial score (nSPS) is 10.3. The highest BCUT2D eigenvalue weighted by molar-refractivity contribution is 6.13. The molecule has 0 aliphatic carbocycles. The fourth-order valence-electron chi connectivity index (χ4n) is 2.89.